The summed E-state index contributed by atoms with van der Waals surface area (Å²) in [6.07, 6.45) is 0. The van der Waals surface area contributed by atoms with Crippen LogP contribution in [0.5, 0.6) is 11.5 Å². The van der Waals surface area contributed by atoms with Crippen molar-refractivity contribution in [3.05, 3.63) is 24.3 Å². The van der Waals surface area contributed by atoms with Crippen molar-refractivity contribution in [2.75, 3.05) is 33.0 Å². The Morgan fingerprint density at radius 3 is 2.37 bits per heavy atom. The SMILES string of the molecule is CCOCC(C)NCCOc1ccccc1OCC. The van der Waals surface area contributed by atoms with Crippen molar-refractivity contribution in [3.63, 3.8) is 0 Å². The highest BCUT2D eigenvalue weighted by Crippen LogP contribution is 2.25. The van der Waals surface area contributed by atoms with Gasteiger partial charge in [-0.05, 0) is 32.9 Å². The van der Waals surface area contributed by atoms with E-state index in [1.165, 1.54) is 0 Å². The Hall–Kier alpha value is -1.26. The maximum Gasteiger partial charge on any atom is 0.161 e. The van der Waals surface area contributed by atoms with E-state index in [1.54, 1.807) is 0 Å². The predicted octanol–water partition coefficient (Wildman–Crippen LogP) is 2.48. The average Bonchev–Trinajstić information content (AvgIpc) is 2.43. The molecule has 1 rings (SSSR count). The molecule has 108 valence electrons. The molecule has 0 aliphatic carbocycles. The third kappa shape index (κ3) is 6.45. The number of nitrogens with one attached hydrogen (secondary N) is 1. The first-order chi connectivity index (χ1) is 9.27. The van der Waals surface area contributed by atoms with Crippen LogP contribution in [0.25, 0.3) is 0 Å². The quantitative estimate of drug-likeness (QED) is 0.661. The van der Waals surface area contributed by atoms with E-state index < -0.39 is 0 Å². The second-order valence-corrected chi connectivity index (χ2v) is 4.24. The largest absolute Gasteiger partial charge is 0.490 e. The summed E-state index contributed by atoms with van der Waals surface area (Å²) in [5.74, 6) is 1.59. The summed E-state index contributed by atoms with van der Waals surface area (Å²) in [7, 11) is 0. The van der Waals surface area contributed by atoms with Crippen LogP contribution in [0.3, 0.4) is 0 Å². The van der Waals surface area contributed by atoms with E-state index in [2.05, 4.69) is 12.2 Å². The first kappa shape index (κ1) is 15.8. The summed E-state index contributed by atoms with van der Waals surface area (Å²) < 4.78 is 16.6. The van der Waals surface area contributed by atoms with Crippen LogP contribution in [0, 0.1) is 0 Å². The van der Waals surface area contributed by atoms with Crippen LogP contribution in [0.2, 0.25) is 0 Å². The summed E-state index contributed by atoms with van der Waals surface area (Å²) in [5, 5.41) is 3.35. The number of ether oxygens (including phenoxy) is 3. The molecule has 4 nitrogen and oxygen atoms in total. The lowest BCUT2D eigenvalue weighted by molar-refractivity contribution is 0.125. The van der Waals surface area contributed by atoms with Gasteiger partial charge in [0.15, 0.2) is 11.5 Å². The van der Waals surface area contributed by atoms with Crippen molar-refractivity contribution in [1.82, 2.24) is 5.32 Å². The van der Waals surface area contributed by atoms with Gasteiger partial charge in [0.05, 0.1) is 13.2 Å². The van der Waals surface area contributed by atoms with Gasteiger partial charge in [-0.2, -0.15) is 0 Å². The van der Waals surface area contributed by atoms with Gasteiger partial charge in [0.2, 0.25) is 0 Å². The standard InChI is InChI=1S/C15H25NO3/c1-4-17-12-13(3)16-10-11-19-15-9-7-6-8-14(15)18-5-2/h6-9,13,16H,4-5,10-12H2,1-3H3. The molecule has 0 fully saturated rings. The molecule has 0 aliphatic heterocycles. The molecule has 0 aromatic heterocycles. The molecule has 0 radical (unpaired) electrons. The Bertz CT molecular complexity index is 344. The second-order valence-electron chi connectivity index (χ2n) is 4.24. The van der Waals surface area contributed by atoms with Gasteiger partial charge >= 0.3 is 0 Å². The maximum absolute atomic E-state index is 5.72. The highest BCUT2D eigenvalue weighted by atomic mass is 16.5. The third-order valence-corrected chi connectivity index (χ3v) is 2.57. The van der Waals surface area contributed by atoms with Crippen molar-refractivity contribution in [3.8, 4) is 11.5 Å². The molecule has 19 heavy (non-hydrogen) atoms. The van der Waals surface area contributed by atoms with Gasteiger partial charge in [-0.15, -0.1) is 0 Å². The Morgan fingerprint density at radius 1 is 1.05 bits per heavy atom. The van der Waals surface area contributed by atoms with Crippen LogP contribution in [0.4, 0.5) is 0 Å². The smallest absolute Gasteiger partial charge is 0.161 e. The molecule has 0 heterocycles. The molecule has 1 atom stereocenters. The van der Waals surface area contributed by atoms with Gasteiger partial charge in [-0.1, -0.05) is 12.1 Å². The van der Waals surface area contributed by atoms with Crippen molar-refractivity contribution in [1.29, 1.82) is 0 Å². The lowest BCUT2D eigenvalue weighted by atomic mass is 10.3. The molecule has 1 aromatic carbocycles. The summed E-state index contributed by atoms with van der Waals surface area (Å²) in [5.41, 5.74) is 0. The van der Waals surface area contributed by atoms with E-state index in [9.17, 15) is 0 Å². The molecule has 4 heteroatoms. The molecule has 1 aromatic rings. The normalized spacial score (nSPS) is 12.2. The molecule has 0 saturated heterocycles. The van der Waals surface area contributed by atoms with Crippen LogP contribution in [-0.4, -0.2) is 39.0 Å². The Balaban J connectivity index is 2.25. The fourth-order valence-corrected chi connectivity index (χ4v) is 1.66. The summed E-state index contributed by atoms with van der Waals surface area (Å²) in [6, 6.07) is 8.08. The summed E-state index contributed by atoms with van der Waals surface area (Å²) in [4.78, 5) is 0. The number of hydrogen-bond acceptors (Lipinski definition) is 4. The zero-order valence-electron chi connectivity index (χ0n) is 12.1. The number of para-hydroxylation sites is 2. The van der Waals surface area contributed by atoms with Crippen LogP contribution in [0.1, 0.15) is 20.8 Å². The third-order valence-electron chi connectivity index (χ3n) is 2.57. The Labute approximate surface area is 116 Å². The number of benzene rings is 1. The molecule has 1 N–H and O–H groups in total. The molecular weight excluding hydrogens is 242 g/mol. The number of rotatable bonds is 10. The minimum atomic E-state index is 0.339. The van der Waals surface area contributed by atoms with Crippen LogP contribution < -0.4 is 14.8 Å². The summed E-state index contributed by atoms with van der Waals surface area (Å²) >= 11 is 0. The van der Waals surface area contributed by atoms with Gasteiger partial charge in [-0.25, -0.2) is 0 Å². The van der Waals surface area contributed by atoms with E-state index in [0.29, 0.717) is 19.3 Å². The first-order valence-electron chi connectivity index (χ1n) is 6.93. The van der Waals surface area contributed by atoms with Crippen LogP contribution in [-0.2, 0) is 4.74 Å². The average molecular weight is 267 g/mol. The predicted molar refractivity (Wildman–Crippen MR) is 77.1 cm³/mol. The molecule has 1 unspecified atom stereocenters. The van der Waals surface area contributed by atoms with Gasteiger partial charge in [0, 0.05) is 19.2 Å². The van der Waals surface area contributed by atoms with Crippen molar-refractivity contribution < 1.29 is 14.2 Å². The zero-order valence-corrected chi connectivity index (χ0v) is 12.1. The molecule has 0 amide bonds. The molecule has 0 saturated carbocycles. The minimum Gasteiger partial charge on any atom is -0.490 e. The maximum atomic E-state index is 5.72. The second kappa shape index (κ2) is 9.64. The molecular formula is C15H25NO3. The van der Waals surface area contributed by atoms with Gasteiger partial charge in [-0.3, -0.25) is 0 Å². The molecule has 0 spiro atoms. The fraction of sp³-hybridized carbons (Fsp3) is 0.600. The van der Waals surface area contributed by atoms with Crippen molar-refractivity contribution in [2.45, 2.75) is 26.8 Å². The topological polar surface area (TPSA) is 39.7 Å². The summed E-state index contributed by atoms with van der Waals surface area (Å²) in [6.45, 7) is 9.59. The zero-order chi connectivity index (χ0) is 13.9. The number of hydrogen-bond donors (Lipinski definition) is 1. The van der Waals surface area contributed by atoms with E-state index in [1.807, 2.05) is 38.1 Å². The van der Waals surface area contributed by atoms with Gasteiger partial charge < -0.3 is 19.5 Å². The van der Waals surface area contributed by atoms with Crippen LogP contribution >= 0.6 is 0 Å². The van der Waals surface area contributed by atoms with Crippen LogP contribution in [0.15, 0.2) is 24.3 Å². The molecule has 0 bridgehead atoms. The Morgan fingerprint density at radius 2 is 1.74 bits per heavy atom. The van der Waals surface area contributed by atoms with E-state index in [4.69, 9.17) is 14.2 Å². The lowest BCUT2D eigenvalue weighted by Gasteiger charge is -2.15. The minimum absolute atomic E-state index is 0.339. The first-order valence-corrected chi connectivity index (χ1v) is 6.93. The van der Waals surface area contributed by atoms with Gasteiger partial charge in [0.1, 0.15) is 6.61 Å². The lowest BCUT2D eigenvalue weighted by Crippen LogP contribution is -2.33. The van der Waals surface area contributed by atoms with Crippen molar-refractivity contribution in [2.24, 2.45) is 0 Å². The van der Waals surface area contributed by atoms with Gasteiger partial charge in [0.25, 0.3) is 0 Å². The highest BCUT2D eigenvalue weighted by molar-refractivity contribution is 5.39. The van der Waals surface area contributed by atoms with E-state index in [-0.39, 0.29) is 0 Å². The Kier molecular flexibility index (Phi) is 8.02. The van der Waals surface area contributed by atoms with E-state index in [0.717, 1.165) is 31.3 Å². The monoisotopic (exact) mass is 267 g/mol. The highest BCUT2D eigenvalue weighted by Gasteiger charge is 2.04. The molecule has 0 aliphatic rings. The van der Waals surface area contributed by atoms with E-state index >= 15 is 0 Å². The van der Waals surface area contributed by atoms with Crippen molar-refractivity contribution >= 4 is 0 Å². The fourth-order valence-electron chi connectivity index (χ4n) is 1.66.